The lowest BCUT2D eigenvalue weighted by atomic mass is 10.2. The molecule has 0 saturated carbocycles. The first-order chi connectivity index (χ1) is 7.92. The highest BCUT2D eigenvalue weighted by molar-refractivity contribution is 7.96. The Morgan fingerprint density at radius 3 is 2.50 bits per heavy atom. The van der Waals surface area contributed by atoms with Crippen LogP contribution in [0.1, 0.15) is 5.69 Å². The van der Waals surface area contributed by atoms with Gasteiger partial charge in [-0.25, -0.2) is 0 Å². The van der Waals surface area contributed by atoms with Crippen LogP contribution in [0.5, 0.6) is 0 Å². The molecule has 0 bridgehead atoms. The number of para-hydroxylation sites is 1. The fourth-order valence-electron chi connectivity index (χ4n) is 1.12. The lowest BCUT2D eigenvalue weighted by Crippen LogP contribution is -1.84. The molecule has 86 valence electrons. The molecule has 1 aromatic heterocycles. The van der Waals surface area contributed by atoms with Gasteiger partial charge in [-0.1, -0.05) is 29.2 Å². The van der Waals surface area contributed by atoms with Gasteiger partial charge in [-0.2, -0.15) is 0 Å². The molecule has 2 rings (SSSR count). The maximum atomic E-state index is 8.00. The van der Waals surface area contributed by atoms with E-state index in [-0.39, 0.29) is 0 Å². The molecular formula is C10H12N2O3S. The predicted octanol–water partition coefficient (Wildman–Crippen LogP) is 1.56. The topological polar surface area (TPSA) is 86.2 Å². The Morgan fingerprint density at radius 2 is 1.88 bits per heavy atom. The van der Waals surface area contributed by atoms with Crippen LogP contribution in [0.2, 0.25) is 0 Å². The van der Waals surface area contributed by atoms with E-state index in [1.54, 1.807) is 0 Å². The second-order valence-corrected chi connectivity index (χ2v) is 3.06. The number of carbonyl (C=O) groups is 2. The quantitative estimate of drug-likeness (QED) is 0.802. The number of carbonyl (C=O) groups excluding carboxylic acids is 2. The minimum Gasteiger partial charge on any atom is -0.356 e. The van der Waals surface area contributed by atoms with E-state index in [1.807, 2.05) is 37.8 Å². The normalized spacial score (nSPS) is 8.56. The molecule has 16 heavy (non-hydrogen) atoms. The highest BCUT2D eigenvalue weighted by atomic mass is 32.2. The molecule has 0 spiro atoms. The van der Waals surface area contributed by atoms with Crippen molar-refractivity contribution < 1.29 is 14.1 Å². The maximum Gasteiger partial charge on any atom is 0.167 e. The smallest absolute Gasteiger partial charge is 0.167 e. The second-order valence-electron chi connectivity index (χ2n) is 2.44. The number of aromatic nitrogens is 1. The number of nitrogens with zero attached hydrogens (tertiary/aromatic N) is 1. The van der Waals surface area contributed by atoms with Crippen LogP contribution in [0.25, 0.3) is 11.0 Å². The number of rotatable bonds is 2. The third-order valence-corrected chi connectivity index (χ3v) is 2.11. The average Bonchev–Trinajstić information content (AvgIpc) is 2.79. The van der Waals surface area contributed by atoms with Crippen LogP contribution in [0.3, 0.4) is 0 Å². The molecule has 0 amide bonds. The lowest BCUT2D eigenvalue weighted by Gasteiger charge is -1.89. The zero-order valence-electron chi connectivity index (χ0n) is 8.59. The first kappa shape index (κ1) is 14.3. The van der Waals surface area contributed by atoms with Gasteiger partial charge in [0.1, 0.15) is 19.3 Å². The summed E-state index contributed by atoms with van der Waals surface area (Å²) in [5.74, 6) is 0.691. The summed E-state index contributed by atoms with van der Waals surface area (Å²) in [5, 5.41) is 10.3. The molecule has 2 aromatic rings. The number of nitrogens with two attached hydrogens (primary N) is 1. The van der Waals surface area contributed by atoms with Crippen molar-refractivity contribution in [3.8, 4) is 0 Å². The molecule has 0 aliphatic carbocycles. The minimum atomic E-state index is 0.691. The molecular weight excluding hydrogens is 228 g/mol. The Hall–Kier alpha value is -1.66. The van der Waals surface area contributed by atoms with Gasteiger partial charge in [-0.15, -0.1) is 0 Å². The third kappa shape index (κ3) is 3.48. The summed E-state index contributed by atoms with van der Waals surface area (Å²) in [5.41, 5.74) is 1.74. The zero-order valence-corrected chi connectivity index (χ0v) is 9.40. The van der Waals surface area contributed by atoms with Gasteiger partial charge in [-0.05, 0) is 12.1 Å². The molecule has 2 N–H and O–H groups in total. The van der Waals surface area contributed by atoms with Gasteiger partial charge in [0.05, 0.1) is 5.75 Å². The van der Waals surface area contributed by atoms with Crippen molar-refractivity contribution in [2.45, 2.75) is 5.75 Å². The van der Waals surface area contributed by atoms with Crippen molar-refractivity contribution in [1.29, 1.82) is 0 Å². The van der Waals surface area contributed by atoms with Gasteiger partial charge < -0.3 is 14.1 Å². The van der Waals surface area contributed by atoms with E-state index in [4.69, 9.17) is 19.3 Å². The monoisotopic (exact) mass is 240 g/mol. The van der Waals surface area contributed by atoms with E-state index in [0.717, 1.165) is 16.7 Å². The van der Waals surface area contributed by atoms with Crippen molar-refractivity contribution in [3.05, 3.63) is 30.0 Å². The van der Waals surface area contributed by atoms with E-state index in [9.17, 15) is 0 Å². The van der Waals surface area contributed by atoms with Gasteiger partial charge in [0.2, 0.25) is 0 Å². The summed E-state index contributed by atoms with van der Waals surface area (Å²) in [7, 11) is 0. The summed E-state index contributed by atoms with van der Waals surface area (Å²) in [4.78, 5) is 16.0. The summed E-state index contributed by atoms with van der Waals surface area (Å²) in [6.07, 6.45) is 0. The number of hydrogen-bond acceptors (Lipinski definition) is 6. The SMILES string of the molecule is C=O.C=O.NSCc1noc2ccccc12. The molecule has 0 saturated heterocycles. The summed E-state index contributed by atoms with van der Waals surface area (Å²) >= 11 is 1.25. The number of benzene rings is 1. The van der Waals surface area contributed by atoms with Crippen molar-refractivity contribution in [1.82, 2.24) is 5.16 Å². The first-order valence-electron chi connectivity index (χ1n) is 4.14. The first-order valence-corrected chi connectivity index (χ1v) is 5.19. The highest BCUT2D eigenvalue weighted by Crippen LogP contribution is 2.19. The van der Waals surface area contributed by atoms with Gasteiger partial charge in [0.15, 0.2) is 5.58 Å². The largest absolute Gasteiger partial charge is 0.356 e. The van der Waals surface area contributed by atoms with Crippen LogP contribution >= 0.6 is 11.9 Å². The zero-order chi connectivity index (χ0) is 12.4. The Bertz CT molecular complexity index is 417. The predicted molar refractivity (Wildman–Crippen MR) is 63.7 cm³/mol. The summed E-state index contributed by atoms with van der Waals surface area (Å²) < 4.78 is 5.08. The van der Waals surface area contributed by atoms with Crippen molar-refractivity contribution >= 4 is 36.5 Å². The highest BCUT2D eigenvalue weighted by Gasteiger charge is 2.05. The van der Waals surface area contributed by atoms with Crippen molar-refractivity contribution in [2.75, 3.05) is 0 Å². The van der Waals surface area contributed by atoms with Gasteiger partial charge in [0.25, 0.3) is 0 Å². The van der Waals surface area contributed by atoms with E-state index in [1.165, 1.54) is 11.9 Å². The van der Waals surface area contributed by atoms with Crippen LogP contribution in [-0.4, -0.2) is 18.7 Å². The standard InChI is InChI=1S/C8H8N2OS.2CH2O/c9-12-5-7-6-3-1-2-4-8(6)11-10-7;2*1-2/h1-4H,5,9H2;2*1H2. The maximum absolute atomic E-state index is 8.00. The Balaban J connectivity index is 0.000000509. The van der Waals surface area contributed by atoms with Crippen LogP contribution in [0.4, 0.5) is 0 Å². The molecule has 1 heterocycles. The summed E-state index contributed by atoms with van der Waals surface area (Å²) in [6.45, 7) is 4.00. The van der Waals surface area contributed by atoms with E-state index in [2.05, 4.69) is 5.16 Å². The van der Waals surface area contributed by atoms with Crippen molar-refractivity contribution in [3.63, 3.8) is 0 Å². The fraction of sp³-hybridized carbons (Fsp3) is 0.100. The Labute approximate surface area is 97.1 Å². The van der Waals surface area contributed by atoms with Gasteiger partial charge in [0, 0.05) is 5.39 Å². The second kappa shape index (κ2) is 8.63. The van der Waals surface area contributed by atoms with E-state index >= 15 is 0 Å². The molecule has 1 aromatic carbocycles. The van der Waals surface area contributed by atoms with Gasteiger partial charge >= 0.3 is 0 Å². The molecule has 0 fully saturated rings. The van der Waals surface area contributed by atoms with Crippen LogP contribution in [0, 0.1) is 0 Å². The fourth-order valence-corrected chi connectivity index (χ4v) is 1.49. The Kier molecular flexibility index (Phi) is 7.74. The van der Waals surface area contributed by atoms with Crippen LogP contribution < -0.4 is 5.14 Å². The molecule has 0 unspecified atom stereocenters. The van der Waals surface area contributed by atoms with E-state index < -0.39 is 0 Å². The van der Waals surface area contributed by atoms with Gasteiger partial charge in [-0.3, -0.25) is 5.14 Å². The molecule has 0 atom stereocenters. The molecule has 0 aliphatic heterocycles. The number of hydrogen-bond donors (Lipinski definition) is 1. The lowest BCUT2D eigenvalue weighted by molar-refractivity contribution is -0.0987. The van der Waals surface area contributed by atoms with Crippen LogP contribution in [-0.2, 0) is 15.3 Å². The molecule has 5 nitrogen and oxygen atoms in total. The Morgan fingerprint density at radius 1 is 1.25 bits per heavy atom. The van der Waals surface area contributed by atoms with Crippen LogP contribution in [0.15, 0.2) is 28.8 Å². The van der Waals surface area contributed by atoms with E-state index in [0.29, 0.717) is 5.75 Å². The minimum absolute atomic E-state index is 0.691. The summed E-state index contributed by atoms with van der Waals surface area (Å²) in [6, 6.07) is 7.77. The third-order valence-electron chi connectivity index (χ3n) is 1.67. The average molecular weight is 240 g/mol. The molecule has 0 aliphatic rings. The molecule has 6 heteroatoms. The van der Waals surface area contributed by atoms with Crippen molar-refractivity contribution in [2.24, 2.45) is 5.14 Å². The number of fused-ring (bicyclic) bond motifs is 1. The molecule has 0 radical (unpaired) electrons.